The highest BCUT2D eigenvalue weighted by Crippen LogP contribution is 2.22. The fourth-order valence-corrected chi connectivity index (χ4v) is 2.46. The summed E-state index contributed by atoms with van der Waals surface area (Å²) >= 11 is 1.26. The van der Waals surface area contributed by atoms with Gasteiger partial charge in [0, 0.05) is 6.54 Å². The lowest BCUT2D eigenvalue weighted by Crippen LogP contribution is -2.38. The molecule has 0 fully saturated rings. The van der Waals surface area contributed by atoms with Gasteiger partial charge in [-0.3, -0.25) is 4.79 Å². The van der Waals surface area contributed by atoms with E-state index in [1.807, 2.05) is 0 Å². The van der Waals surface area contributed by atoms with Crippen LogP contribution in [0.4, 0.5) is 8.78 Å². The molecule has 1 rings (SSSR count). The number of hydrogen-bond acceptors (Lipinski definition) is 5. The number of carbonyl (C=O) groups is 1. The number of amides is 1. The van der Waals surface area contributed by atoms with Crippen molar-refractivity contribution < 1.29 is 18.7 Å². The third kappa shape index (κ3) is 4.11. The Labute approximate surface area is 120 Å². The standard InChI is InChI=1S/C12H17F2N3O2S/c1-7-10(11(20-3)16-8(2)15-7)12(19)17(4-5-18)6-9(13)14/h9,18H,4-6H2,1-3H3. The number of alkyl halides is 2. The first-order valence-corrected chi connectivity index (χ1v) is 7.20. The van der Waals surface area contributed by atoms with Gasteiger partial charge in [-0.15, -0.1) is 11.8 Å². The highest BCUT2D eigenvalue weighted by atomic mass is 32.2. The van der Waals surface area contributed by atoms with Gasteiger partial charge in [0.2, 0.25) is 0 Å². The predicted molar refractivity (Wildman–Crippen MR) is 72.3 cm³/mol. The van der Waals surface area contributed by atoms with E-state index in [1.165, 1.54) is 11.8 Å². The van der Waals surface area contributed by atoms with Crippen molar-refractivity contribution in [2.24, 2.45) is 0 Å². The van der Waals surface area contributed by atoms with Crippen molar-refractivity contribution in [2.75, 3.05) is 26.0 Å². The van der Waals surface area contributed by atoms with Crippen LogP contribution in [0.2, 0.25) is 0 Å². The molecule has 0 bridgehead atoms. The topological polar surface area (TPSA) is 66.3 Å². The molecule has 0 aromatic carbocycles. The second-order valence-corrected chi connectivity index (χ2v) is 4.90. The molecule has 1 N–H and O–H groups in total. The minimum Gasteiger partial charge on any atom is -0.395 e. The summed E-state index contributed by atoms with van der Waals surface area (Å²) in [5.41, 5.74) is 0.668. The average Bonchev–Trinajstić information content (AvgIpc) is 2.36. The maximum Gasteiger partial charge on any atom is 0.258 e. The molecule has 0 atom stereocenters. The van der Waals surface area contributed by atoms with E-state index < -0.39 is 18.9 Å². The number of aryl methyl sites for hydroxylation is 2. The SMILES string of the molecule is CSc1nc(C)nc(C)c1C(=O)N(CCO)CC(F)F. The Kier molecular flexibility index (Phi) is 6.28. The Morgan fingerprint density at radius 2 is 2.05 bits per heavy atom. The van der Waals surface area contributed by atoms with Gasteiger partial charge in [0.15, 0.2) is 0 Å². The number of carbonyl (C=O) groups excluding carboxylic acids is 1. The Morgan fingerprint density at radius 1 is 1.40 bits per heavy atom. The number of thioether (sulfide) groups is 1. The van der Waals surface area contributed by atoms with Gasteiger partial charge in [0.1, 0.15) is 10.9 Å². The van der Waals surface area contributed by atoms with Gasteiger partial charge in [-0.05, 0) is 20.1 Å². The lowest BCUT2D eigenvalue weighted by atomic mass is 10.2. The van der Waals surface area contributed by atoms with E-state index >= 15 is 0 Å². The van der Waals surface area contributed by atoms with Crippen LogP contribution in [-0.2, 0) is 0 Å². The molecule has 1 aromatic heterocycles. The van der Waals surface area contributed by atoms with Crippen molar-refractivity contribution in [2.45, 2.75) is 25.3 Å². The molecular formula is C12H17F2N3O2S. The lowest BCUT2D eigenvalue weighted by molar-refractivity contribution is 0.0504. The molecule has 0 radical (unpaired) electrons. The molecule has 1 aromatic rings. The Balaban J connectivity index is 3.17. The van der Waals surface area contributed by atoms with E-state index in [9.17, 15) is 13.6 Å². The van der Waals surface area contributed by atoms with Crippen molar-refractivity contribution in [1.29, 1.82) is 0 Å². The molecule has 1 amide bonds. The maximum atomic E-state index is 12.5. The monoisotopic (exact) mass is 305 g/mol. The summed E-state index contributed by atoms with van der Waals surface area (Å²) in [4.78, 5) is 21.5. The summed E-state index contributed by atoms with van der Waals surface area (Å²) in [5, 5.41) is 9.37. The number of aromatic nitrogens is 2. The first kappa shape index (κ1) is 16.8. The van der Waals surface area contributed by atoms with Crippen LogP contribution in [0.5, 0.6) is 0 Å². The summed E-state index contributed by atoms with van der Waals surface area (Å²) in [7, 11) is 0. The van der Waals surface area contributed by atoms with Gasteiger partial charge in [0.25, 0.3) is 12.3 Å². The second kappa shape index (κ2) is 7.49. The van der Waals surface area contributed by atoms with Crippen LogP contribution < -0.4 is 0 Å². The molecule has 112 valence electrons. The third-order valence-corrected chi connectivity index (χ3v) is 3.27. The van der Waals surface area contributed by atoms with E-state index in [2.05, 4.69) is 9.97 Å². The van der Waals surface area contributed by atoms with E-state index in [1.54, 1.807) is 20.1 Å². The van der Waals surface area contributed by atoms with E-state index in [-0.39, 0.29) is 18.7 Å². The predicted octanol–water partition coefficient (Wildman–Crippen LogP) is 1.51. The third-order valence-electron chi connectivity index (χ3n) is 2.59. The molecule has 0 aliphatic heterocycles. The first-order chi connectivity index (χ1) is 9.40. The average molecular weight is 305 g/mol. The van der Waals surface area contributed by atoms with Crippen LogP contribution in [-0.4, -0.2) is 58.3 Å². The Morgan fingerprint density at radius 3 is 2.55 bits per heavy atom. The Hall–Kier alpha value is -1.28. The second-order valence-electron chi connectivity index (χ2n) is 4.11. The maximum absolute atomic E-state index is 12.5. The highest BCUT2D eigenvalue weighted by molar-refractivity contribution is 7.98. The fourth-order valence-electron chi connectivity index (χ4n) is 1.80. The molecule has 0 saturated heterocycles. The van der Waals surface area contributed by atoms with Crippen LogP contribution in [0, 0.1) is 13.8 Å². The zero-order chi connectivity index (χ0) is 15.3. The normalized spacial score (nSPS) is 10.9. The van der Waals surface area contributed by atoms with E-state index in [4.69, 9.17) is 5.11 Å². The smallest absolute Gasteiger partial charge is 0.258 e. The number of halogens is 2. The minimum atomic E-state index is -2.66. The first-order valence-electron chi connectivity index (χ1n) is 5.98. The number of nitrogens with zero attached hydrogens (tertiary/aromatic N) is 3. The van der Waals surface area contributed by atoms with Gasteiger partial charge in [-0.2, -0.15) is 0 Å². The van der Waals surface area contributed by atoms with Gasteiger partial charge < -0.3 is 10.0 Å². The Bertz CT molecular complexity index is 486. The van der Waals surface area contributed by atoms with Gasteiger partial charge >= 0.3 is 0 Å². The fraction of sp³-hybridized carbons (Fsp3) is 0.583. The molecule has 0 aliphatic rings. The summed E-state index contributed by atoms with van der Waals surface area (Å²) in [5.74, 6) is -0.0628. The quantitative estimate of drug-likeness (QED) is 0.637. The largest absolute Gasteiger partial charge is 0.395 e. The van der Waals surface area contributed by atoms with Crippen LogP contribution in [0.15, 0.2) is 5.03 Å². The van der Waals surface area contributed by atoms with Crippen LogP contribution >= 0.6 is 11.8 Å². The van der Waals surface area contributed by atoms with Crippen molar-refractivity contribution >= 4 is 17.7 Å². The molecule has 20 heavy (non-hydrogen) atoms. The van der Waals surface area contributed by atoms with Gasteiger partial charge in [-0.25, -0.2) is 18.7 Å². The summed E-state index contributed by atoms with van der Waals surface area (Å²) in [6.07, 6.45) is -0.906. The molecule has 1 heterocycles. The zero-order valence-corrected chi connectivity index (χ0v) is 12.4. The lowest BCUT2D eigenvalue weighted by Gasteiger charge is -2.22. The zero-order valence-electron chi connectivity index (χ0n) is 11.6. The minimum absolute atomic E-state index is 0.149. The number of rotatable bonds is 6. The highest BCUT2D eigenvalue weighted by Gasteiger charge is 2.24. The molecule has 0 unspecified atom stereocenters. The van der Waals surface area contributed by atoms with E-state index in [0.717, 1.165) is 4.90 Å². The van der Waals surface area contributed by atoms with Crippen molar-refractivity contribution in [3.05, 3.63) is 17.1 Å². The number of hydrogen-bond donors (Lipinski definition) is 1. The summed E-state index contributed by atoms with van der Waals surface area (Å²) < 4.78 is 25.0. The van der Waals surface area contributed by atoms with Gasteiger partial charge in [0.05, 0.1) is 24.4 Å². The van der Waals surface area contributed by atoms with Crippen molar-refractivity contribution in [3.63, 3.8) is 0 Å². The molecule has 5 nitrogen and oxygen atoms in total. The molecule has 8 heteroatoms. The van der Waals surface area contributed by atoms with Crippen LogP contribution in [0.1, 0.15) is 21.9 Å². The number of aliphatic hydroxyl groups is 1. The molecule has 0 spiro atoms. The van der Waals surface area contributed by atoms with Crippen molar-refractivity contribution in [3.8, 4) is 0 Å². The van der Waals surface area contributed by atoms with Crippen molar-refractivity contribution in [1.82, 2.24) is 14.9 Å². The molecule has 0 saturated carbocycles. The number of aliphatic hydroxyl groups excluding tert-OH is 1. The van der Waals surface area contributed by atoms with Crippen LogP contribution in [0.3, 0.4) is 0 Å². The van der Waals surface area contributed by atoms with E-state index in [0.29, 0.717) is 16.5 Å². The summed E-state index contributed by atoms with van der Waals surface area (Å²) in [6.45, 7) is 2.09. The van der Waals surface area contributed by atoms with Crippen LogP contribution in [0.25, 0.3) is 0 Å². The molecular weight excluding hydrogens is 288 g/mol. The molecule has 0 aliphatic carbocycles. The van der Waals surface area contributed by atoms with Gasteiger partial charge in [-0.1, -0.05) is 0 Å². The summed E-state index contributed by atoms with van der Waals surface area (Å²) in [6, 6.07) is 0.